The summed E-state index contributed by atoms with van der Waals surface area (Å²) < 4.78 is 3.96. The van der Waals surface area contributed by atoms with E-state index in [0.717, 1.165) is 26.0 Å². The topological polar surface area (TPSA) is 20.7 Å². The van der Waals surface area contributed by atoms with E-state index < -0.39 is 0 Å². The molecule has 0 radical (unpaired) electrons. The number of halogens is 1. The van der Waals surface area contributed by atoms with E-state index in [-0.39, 0.29) is 0 Å². The van der Waals surface area contributed by atoms with Gasteiger partial charge in [0.05, 0.1) is 16.7 Å². The van der Waals surface area contributed by atoms with E-state index in [0.29, 0.717) is 0 Å². The van der Waals surface area contributed by atoms with Gasteiger partial charge in [-0.05, 0) is 73.9 Å². The number of benzene rings is 2. The fraction of sp³-hybridized carbons (Fsp3) is 0.188. The molecule has 0 amide bonds. The quantitative estimate of drug-likeness (QED) is 0.587. The van der Waals surface area contributed by atoms with Gasteiger partial charge in [-0.3, -0.25) is 4.57 Å². The normalized spacial score (nSPS) is 11.2. The minimum absolute atomic E-state index is 0.735. The van der Waals surface area contributed by atoms with Crippen molar-refractivity contribution in [3.05, 3.63) is 56.3 Å². The van der Waals surface area contributed by atoms with Crippen molar-refractivity contribution < 1.29 is 0 Å². The summed E-state index contributed by atoms with van der Waals surface area (Å²) in [4.78, 5) is 3.30. The molecule has 0 unspecified atom stereocenters. The maximum atomic E-state index is 5.53. The molecule has 0 atom stereocenters. The van der Waals surface area contributed by atoms with E-state index in [2.05, 4.69) is 76.6 Å². The summed E-state index contributed by atoms with van der Waals surface area (Å²) in [6, 6.07) is 10.6. The van der Waals surface area contributed by atoms with Gasteiger partial charge < -0.3 is 4.98 Å². The Balaban J connectivity index is 2.41. The summed E-state index contributed by atoms with van der Waals surface area (Å²) in [5.41, 5.74) is 6.99. The van der Waals surface area contributed by atoms with Gasteiger partial charge in [-0.25, -0.2) is 0 Å². The summed E-state index contributed by atoms with van der Waals surface area (Å²) in [6.45, 7) is 6.31. The molecule has 3 rings (SSSR count). The molecule has 0 spiro atoms. The summed E-state index contributed by atoms with van der Waals surface area (Å²) in [5, 5.41) is 0. The Morgan fingerprint density at radius 3 is 2.35 bits per heavy atom. The zero-order valence-corrected chi connectivity index (χ0v) is 14.0. The van der Waals surface area contributed by atoms with Crippen LogP contribution in [-0.2, 0) is 0 Å². The molecule has 20 heavy (non-hydrogen) atoms. The van der Waals surface area contributed by atoms with Gasteiger partial charge in [0.1, 0.15) is 0 Å². The van der Waals surface area contributed by atoms with Crippen molar-refractivity contribution in [2.45, 2.75) is 20.8 Å². The molecule has 1 aromatic heterocycles. The first-order valence-electron chi connectivity index (χ1n) is 6.46. The second kappa shape index (κ2) is 4.86. The van der Waals surface area contributed by atoms with E-state index in [1.165, 1.54) is 16.7 Å². The van der Waals surface area contributed by atoms with Crippen molar-refractivity contribution in [2.75, 3.05) is 0 Å². The number of nitrogens with one attached hydrogen (secondary N) is 1. The summed E-state index contributed by atoms with van der Waals surface area (Å²) in [6.07, 6.45) is 0. The van der Waals surface area contributed by atoms with Crippen molar-refractivity contribution >= 4 is 39.2 Å². The van der Waals surface area contributed by atoms with E-state index >= 15 is 0 Å². The van der Waals surface area contributed by atoms with Crippen LogP contribution in [0.5, 0.6) is 0 Å². The molecule has 4 heteroatoms. The van der Waals surface area contributed by atoms with Gasteiger partial charge in [0.15, 0.2) is 4.77 Å². The molecular formula is C16H15BrN2S. The minimum Gasteiger partial charge on any atom is -0.330 e. The van der Waals surface area contributed by atoms with Crippen LogP contribution < -0.4 is 0 Å². The number of hydrogen-bond donors (Lipinski definition) is 1. The Bertz CT molecular complexity index is 851. The van der Waals surface area contributed by atoms with Gasteiger partial charge in [0.25, 0.3) is 0 Å². The first kappa shape index (κ1) is 13.6. The smallest absolute Gasteiger partial charge is 0.182 e. The van der Waals surface area contributed by atoms with Crippen molar-refractivity contribution in [1.29, 1.82) is 0 Å². The third-order valence-electron chi connectivity index (χ3n) is 3.52. The molecule has 0 aliphatic heterocycles. The number of aryl methyl sites for hydroxylation is 3. The molecular weight excluding hydrogens is 332 g/mol. The highest BCUT2D eigenvalue weighted by Gasteiger charge is 2.12. The average molecular weight is 347 g/mol. The van der Waals surface area contributed by atoms with Crippen LogP contribution >= 0.6 is 28.1 Å². The van der Waals surface area contributed by atoms with Crippen LogP contribution in [0.1, 0.15) is 16.7 Å². The first-order chi connectivity index (χ1) is 9.47. The fourth-order valence-corrected chi connectivity index (χ4v) is 3.69. The monoisotopic (exact) mass is 346 g/mol. The lowest BCUT2D eigenvalue weighted by atomic mass is 10.1. The number of nitrogens with zero attached hydrogens (tertiary/aromatic N) is 1. The van der Waals surface area contributed by atoms with Gasteiger partial charge in [0, 0.05) is 4.47 Å². The predicted molar refractivity (Wildman–Crippen MR) is 90.4 cm³/mol. The van der Waals surface area contributed by atoms with E-state index in [1.54, 1.807) is 0 Å². The molecule has 0 saturated heterocycles. The largest absolute Gasteiger partial charge is 0.330 e. The molecule has 0 aliphatic rings. The maximum Gasteiger partial charge on any atom is 0.182 e. The minimum atomic E-state index is 0.735. The van der Waals surface area contributed by atoms with Crippen LogP contribution in [0.2, 0.25) is 0 Å². The van der Waals surface area contributed by atoms with Gasteiger partial charge in [0.2, 0.25) is 0 Å². The van der Waals surface area contributed by atoms with Crippen molar-refractivity contribution in [2.24, 2.45) is 0 Å². The molecule has 2 aromatic carbocycles. The molecule has 1 heterocycles. The molecule has 0 aliphatic carbocycles. The van der Waals surface area contributed by atoms with Crippen LogP contribution in [0.25, 0.3) is 16.7 Å². The zero-order valence-electron chi connectivity index (χ0n) is 11.6. The van der Waals surface area contributed by atoms with Gasteiger partial charge in [-0.15, -0.1) is 0 Å². The first-order valence-corrected chi connectivity index (χ1v) is 7.66. The lowest BCUT2D eigenvalue weighted by Crippen LogP contribution is -2.00. The Morgan fingerprint density at radius 1 is 1.05 bits per heavy atom. The average Bonchev–Trinajstić information content (AvgIpc) is 2.64. The van der Waals surface area contributed by atoms with Crippen molar-refractivity contribution in [3.63, 3.8) is 0 Å². The van der Waals surface area contributed by atoms with Crippen molar-refractivity contribution in [3.8, 4) is 5.69 Å². The molecule has 3 aromatic rings. The Morgan fingerprint density at radius 2 is 1.70 bits per heavy atom. The van der Waals surface area contributed by atoms with Crippen LogP contribution in [0.4, 0.5) is 0 Å². The van der Waals surface area contributed by atoms with Crippen LogP contribution in [0.15, 0.2) is 34.8 Å². The standard InChI is InChI=1S/C16H15BrN2S/c1-9-4-5-14-13(6-9)18-16(20)19(14)15-10(2)7-12(17)8-11(15)3/h4-8H,1-3H3,(H,18,20). The number of rotatable bonds is 1. The van der Waals surface area contributed by atoms with Crippen LogP contribution in [0, 0.1) is 25.5 Å². The highest BCUT2D eigenvalue weighted by atomic mass is 79.9. The molecule has 2 nitrogen and oxygen atoms in total. The second-order valence-corrected chi connectivity index (χ2v) is 6.48. The summed E-state index contributed by atoms with van der Waals surface area (Å²) >= 11 is 9.07. The van der Waals surface area contributed by atoms with Crippen molar-refractivity contribution in [1.82, 2.24) is 9.55 Å². The van der Waals surface area contributed by atoms with Crippen LogP contribution in [0.3, 0.4) is 0 Å². The number of H-pyrrole nitrogens is 1. The Labute approximate surface area is 131 Å². The van der Waals surface area contributed by atoms with Gasteiger partial charge >= 0.3 is 0 Å². The highest BCUT2D eigenvalue weighted by Crippen LogP contribution is 2.28. The number of aromatic amines is 1. The highest BCUT2D eigenvalue weighted by molar-refractivity contribution is 9.10. The van der Waals surface area contributed by atoms with E-state index in [9.17, 15) is 0 Å². The third-order valence-corrected chi connectivity index (χ3v) is 4.26. The molecule has 1 N–H and O–H groups in total. The molecule has 0 fully saturated rings. The second-order valence-electron chi connectivity index (χ2n) is 5.17. The maximum absolute atomic E-state index is 5.53. The SMILES string of the molecule is Cc1ccc2c(c1)[nH]c(=S)n2-c1c(C)cc(Br)cc1C. The Kier molecular flexibility index (Phi) is 3.30. The van der Waals surface area contributed by atoms with E-state index in [4.69, 9.17) is 12.2 Å². The number of imidazole rings is 1. The molecule has 102 valence electrons. The van der Waals surface area contributed by atoms with Gasteiger partial charge in [-0.1, -0.05) is 22.0 Å². The number of fused-ring (bicyclic) bond motifs is 1. The Hall–Kier alpha value is -1.39. The number of hydrogen-bond acceptors (Lipinski definition) is 1. The summed E-state index contributed by atoms with van der Waals surface area (Å²) in [7, 11) is 0. The number of aromatic nitrogens is 2. The summed E-state index contributed by atoms with van der Waals surface area (Å²) in [5.74, 6) is 0. The van der Waals surface area contributed by atoms with Gasteiger partial charge in [-0.2, -0.15) is 0 Å². The molecule has 0 saturated carbocycles. The zero-order chi connectivity index (χ0) is 14.4. The lowest BCUT2D eigenvalue weighted by molar-refractivity contribution is 1.03. The fourth-order valence-electron chi connectivity index (χ4n) is 2.70. The van der Waals surface area contributed by atoms with Crippen LogP contribution in [-0.4, -0.2) is 9.55 Å². The van der Waals surface area contributed by atoms with E-state index in [1.807, 2.05) is 0 Å². The lowest BCUT2D eigenvalue weighted by Gasteiger charge is -2.13. The molecule has 0 bridgehead atoms. The third kappa shape index (κ3) is 2.13. The predicted octanol–water partition coefficient (Wildman–Crippen LogP) is 5.38.